The summed E-state index contributed by atoms with van der Waals surface area (Å²) in [6, 6.07) is 7.81. The molecular weight excluding hydrogens is 294 g/mol. The van der Waals surface area contributed by atoms with Crippen molar-refractivity contribution in [2.75, 3.05) is 43.1 Å². The highest BCUT2D eigenvalue weighted by Gasteiger charge is 2.21. The SMILES string of the molecule is COc1ccnc(N2CCN(c3cccc4nncn34)CC2)n1. The van der Waals surface area contributed by atoms with E-state index in [4.69, 9.17) is 4.74 Å². The molecular formula is C15H17N7O. The third-order valence-corrected chi connectivity index (χ3v) is 4.02. The lowest BCUT2D eigenvalue weighted by molar-refractivity contribution is 0.396. The van der Waals surface area contributed by atoms with Crippen LogP contribution < -0.4 is 14.5 Å². The minimum Gasteiger partial charge on any atom is -0.481 e. The largest absolute Gasteiger partial charge is 0.481 e. The molecule has 1 saturated heterocycles. The molecule has 0 saturated carbocycles. The van der Waals surface area contributed by atoms with Crippen LogP contribution in [0.5, 0.6) is 5.88 Å². The first-order valence-electron chi connectivity index (χ1n) is 7.51. The highest BCUT2D eigenvalue weighted by Crippen LogP contribution is 2.20. The predicted octanol–water partition coefficient (Wildman–Crippen LogP) is 0.854. The Kier molecular flexibility index (Phi) is 3.41. The number of fused-ring (bicyclic) bond motifs is 1. The van der Waals surface area contributed by atoms with Gasteiger partial charge < -0.3 is 14.5 Å². The van der Waals surface area contributed by atoms with Crippen LogP contribution in [0.4, 0.5) is 11.8 Å². The molecule has 0 aromatic carbocycles. The summed E-state index contributed by atoms with van der Waals surface area (Å²) >= 11 is 0. The van der Waals surface area contributed by atoms with Gasteiger partial charge in [0.2, 0.25) is 11.8 Å². The van der Waals surface area contributed by atoms with Crippen molar-refractivity contribution in [2.45, 2.75) is 0 Å². The summed E-state index contributed by atoms with van der Waals surface area (Å²) in [4.78, 5) is 13.2. The zero-order valence-corrected chi connectivity index (χ0v) is 12.8. The van der Waals surface area contributed by atoms with Gasteiger partial charge >= 0.3 is 0 Å². The minimum atomic E-state index is 0.590. The number of aromatic nitrogens is 5. The van der Waals surface area contributed by atoms with E-state index >= 15 is 0 Å². The number of rotatable bonds is 3. The van der Waals surface area contributed by atoms with Gasteiger partial charge in [-0.2, -0.15) is 4.98 Å². The Labute approximate surface area is 133 Å². The summed E-state index contributed by atoms with van der Waals surface area (Å²) in [7, 11) is 1.61. The van der Waals surface area contributed by atoms with Crippen LogP contribution in [0.15, 0.2) is 36.8 Å². The molecule has 1 aliphatic rings. The van der Waals surface area contributed by atoms with E-state index < -0.39 is 0 Å². The van der Waals surface area contributed by atoms with Crippen molar-refractivity contribution in [3.8, 4) is 5.88 Å². The van der Waals surface area contributed by atoms with E-state index in [-0.39, 0.29) is 0 Å². The minimum absolute atomic E-state index is 0.590. The maximum atomic E-state index is 5.17. The fourth-order valence-electron chi connectivity index (χ4n) is 2.83. The summed E-state index contributed by atoms with van der Waals surface area (Å²) in [6.45, 7) is 3.48. The normalized spacial score (nSPS) is 15.2. The molecule has 0 radical (unpaired) electrons. The van der Waals surface area contributed by atoms with Crippen molar-refractivity contribution < 1.29 is 4.74 Å². The first-order valence-corrected chi connectivity index (χ1v) is 7.51. The zero-order chi connectivity index (χ0) is 15.6. The van der Waals surface area contributed by atoms with E-state index in [1.54, 1.807) is 25.7 Å². The molecule has 1 aliphatic heterocycles. The smallest absolute Gasteiger partial charge is 0.228 e. The lowest BCUT2D eigenvalue weighted by Crippen LogP contribution is -2.47. The van der Waals surface area contributed by atoms with E-state index in [2.05, 4.69) is 36.0 Å². The van der Waals surface area contributed by atoms with Crippen molar-refractivity contribution in [3.05, 3.63) is 36.8 Å². The number of pyridine rings is 1. The standard InChI is InChI=1S/C15H17N7O/c1-23-13-5-6-16-15(18-13)21-9-7-20(8-10-21)14-4-2-3-12-19-17-11-22(12)14/h2-6,11H,7-10H2,1H3. The summed E-state index contributed by atoms with van der Waals surface area (Å²) in [5, 5.41) is 8.08. The molecule has 8 nitrogen and oxygen atoms in total. The molecule has 3 aromatic rings. The number of piperazine rings is 1. The monoisotopic (exact) mass is 311 g/mol. The van der Waals surface area contributed by atoms with E-state index in [1.165, 1.54) is 0 Å². The summed E-state index contributed by atoms with van der Waals surface area (Å²) < 4.78 is 7.18. The first-order chi connectivity index (χ1) is 11.3. The molecule has 1 fully saturated rings. The molecule has 0 N–H and O–H groups in total. The number of hydrogen-bond donors (Lipinski definition) is 0. The van der Waals surface area contributed by atoms with Gasteiger partial charge in [0.1, 0.15) is 12.1 Å². The average Bonchev–Trinajstić information content (AvgIpc) is 3.11. The molecule has 0 aliphatic carbocycles. The van der Waals surface area contributed by atoms with Crippen molar-refractivity contribution >= 4 is 17.4 Å². The Morgan fingerprint density at radius 3 is 2.70 bits per heavy atom. The average molecular weight is 311 g/mol. The van der Waals surface area contributed by atoms with Gasteiger partial charge in [-0.3, -0.25) is 4.40 Å². The first kappa shape index (κ1) is 13.7. The lowest BCUT2D eigenvalue weighted by atomic mass is 10.3. The molecule has 23 heavy (non-hydrogen) atoms. The third kappa shape index (κ3) is 2.52. The van der Waals surface area contributed by atoms with Crippen LogP contribution in [0.3, 0.4) is 0 Å². The zero-order valence-electron chi connectivity index (χ0n) is 12.8. The van der Waals surface area contributed by atoms with Crippen molar-refractivity contribution in [1.82, 2.24) is 24.6 Å². The van der Waals surface area contributed by atoms with Gasteiger partial charge in [-0.05, 0) is 12.1 Å². The number of nitrogens with zero attached hydrogens (tertiary/aromatic N) is 7. The summed E-state index contributed by atoms with van der Waals surface area (Å²) in [5.74, 6) is 2.41. The van der Waals surface area contributed by atoms with Crippen LogP contribution in [0.2, 0.25) is 0 Å². The number of ether oxygens (including phenoxy) is 1. The van der Waals surface area contributed by atoms with Crippen LogP contribution >= 0.6 is 0 Å². The Morgan fingerprint density at radius 2 is 1.87 bits per heavy atom. The van der Waals surface area contributed by atoms with Crippen LogP contribution in [-0.2, 0) is 0 Å². The van der Waals surface area contributed by atoms with E-state index in [9.17, 15) is 0 Å². The molecule has 0 spiro atoms. The molecule has 4 heterocycles. The maximum Gasteiger partial charge on any atom is 0.228 e. The fourth-order valence-corrected chi connectivity index (χ4v) is 2.83. The molecule has 0 amide bonds. The highest BCUT2D eigenvalue weighted by atomic mass is 16.5. The van der Waals surface area contributed by atoms with Gasteiger partial charge in [0.25, 0.3) is 0 Å². The maximum absolute atomic E-state index is 5.17. The van der Waals surface area contributed by atoms with Crippen LogP contribution in [0, 0.1) is 0 Å². The quantitative estimate of drug-likeness (QED) is 0.710. The third-order valence-electron chi connectivity index (χ3n) is 4.02. The summed E-state index contributed by atoms with van der Waals surface area (Å²) in [5.41, 5.74) is 0.862. The van der Waals surface area contributed by atoms with Crippen molar-refractivity contribution in [1.29, 1.82) is 0 Å². The van der Waals surface area contributed by atoms with Gasteiger partial charge in [-0.25, -0.2) is 4.98 Å². The van der Waals surface area contributed by atoms with Crippen LogP contribution in [0.25, 0.3) is 5.65 Å². The lowest BCUT2D eigenvalue weighted by Gasteiger charge is -2.36. The molecule has 0 bridgehead atoms. The van der Waals surface area contributed by atoms with Crippen molar-refractivity contribution in [2.24, 2.45) is 0 Å². The van der Waals surface area contributed by atoms with E-state index in [1.807, 2.05) is 16.5 Å². The molecule has 8 heteroatoms. The van der Waals surface area contributed by atoms with Crippen molar-refractivity contribution in [3.63, 3.8) is 0 Å². The second kappa shape index (κ2) is 5.71. The molecule has 3 aromatic heterocycles. The van der Waals surface area contributed by atoms with E-state index in [0.29, 0.717) is 11.8 Å². The molecule has 4 rings (SSSR count). The predicted molar refractivity (Wildman–Crippen MR) is 86.0 cm³/mol. The van der Waals surface area contributed by atoms with Crippen LogP contribution in [0.1, 0.15) is 0 Å². The van der Waals surface area contributed by atoms with Gasteiger partial charge in [0.05, 0.1) is 7.11 Å². The van der Waals surface area contributed by atoms with Gasteiger partial charge in [-0.15, -0.1) is 10.2 Å². The second-order valence-corrected chi connectivity index (χ2v) is 5.32. The Bertz CT molecular complexity index is 810. The van der Waals surface area contributed by atoms with Gasteiger partial charge in [0, 0.05) is 38.4 Å². The number of anilines is 2. The Morgan fingerprint density at radius 1 is 1.04 bits per heavy atom. The van der Waals surface area contributed by atoms with Gasteiger partial charge in [-0.1, -0.05) is 6.07 Å². The molecule has 0 unspecified atom stereocenters. The van der Waals surface area contributed by atoms with Crippen LogP contribution in [-0.4, -0.2) is 57.9 Å². The Hall–Kier alpha value is -2.90. The van der Waals surface area contributed by atoms with E-state index in [0.717, 1.165) is 37.6 Å². The summed E-state index contributed by atoms with van der Waals surface area (Å²) in [6.07, 6.45) is 3.48. The fraction of sp³-hybridized carbons (Fsp3) is 0.333. The number of methoxy groups -OCH3 is 1. The molecule has 118 valence electrons. The highest BCUT2D eigenvalue weighted by molar-refractivity contribution is 5.51. The Balaban J connectivity index is 1.51. The topological polar surface area (TPSA) is 71.7 Å². The van der Waals surface area contributed by atoms with Gasteiger partial charge in [0.15, 0.2) is 5.65 Å². The number of hydrogen-bond acceptors (Lipinski definition) is 7. The second-order valence-electron chi connectivity index (χ2n) is 5.32. The molecule has 0 atom stereocenters.